The van der Waals surface area contributed by atoms with Gasteiger partial charge in [-0.05, 0) is 43.5 Å². The Morgan fingerprint density at radius 3 is 2.36 bits per heavy atom. The van der Waals surface area contributed by atoms with Crippen molar-refractivity contribution in [1.82, 2.24) is 19.9 Å². The zero-order valence-corrected chi connectivity index (χ0v) is 17.6. The fourth-order valence-electron chi connectivity index (χ4n) is 3.96. The van der Waals surface area contributed by atoms with Gasteiger partial charge in [0.25, 0.3) is 0 Å². The van der Waals surface area contributed by atoms with E-state index in [4.69, 9.17) is 11.6 Å². The minimum Gasteiger partial charge on any atom is -0.356 e. The predicted octanol–water partition coefficient (Wildman–Crippen LogP) is 5.70. The van der Waals surface area contributed by atoms with Crippen molar-refractivity contribution >= 4 is 28.5 Å². The first-order valence-corrected chi connectivity index (χ1v) is 10.1. The van der Waals surface area contributed by atoms with Gasteiger partial charge < -0.3 is 9.88 Å². The molecule has 0 radical (unpaired) electrons. The Morgan fingerprint density at radius 2 is 1.79 bits per heavy atom. The van der Waals surface area contributed by atoms with Gasteiger partial charge in [-0.1, -0.05) is 11.6 Å². The van der Waals surface area contributed by atoms with Crippen molar-refractivity contribution in [2.24, 2.45) is 5.92 Å². The van der Waals surface area contributed by atoms with E-state index in [1.807, 2.05) is 0 Å². The zero-order chi connectivity index (χ0) is 24.1. The molecular formula is C20H15ClF6N6. The maximum atomic E-state index is 13.3. The van der Waals surface area contributed by atoms with Crippen LogP contribution in [-0.2, 0) is 18.8 Å². The van der Waals surface area contributed by atoms with E-state index in [2.05, 4.69) is 26.0 Å². The summed E-state index contributed by atoms with van der Waals surface area (Å²) < 4.78 is 79.7. The lowest BCUT2D eigenvalue weighted by molar-refractivity contribution is -0.155. The highest BCUT2D eigenvalue weighted by molar-refractivity contribution is 6.31. The standard InChI is InChI=1S/C20H15ClF6N6/c1-9(8-28)6-14-15-11(12-7-10(21)2-3-13(12)29-15)4-5-33(14)18-31-16(19(22,23)24)30-17(32-18)20(25,26)27/h2-3,7,9,14,29H,4-6H2,1H3/t9-,14?/m0/s1. The maximum Gasteiger partial charge on any atom is 0.451 e. The van der Waals surface area contributed by atoms with Crippen LogP contribution >= 0.6 is 11.6 Å². The minimum atomic E-state index is -5.20. The lowest BCUT2D eigenvalue weighted by Gasteiger charge is -2.36. The van der Waals surface area contributed by atoms with Crippen molar-refractivity contribution < 1.29 is 26.3 Å². The number of hydrogen-bond donors (Lipinski definition) is 1. The fraction of sp³-hybridized carbons (Fsp3) is 0.400. The second kappa shape index (κ2) is 8.06. The van der Waals surface area contributed by atoms with Crippen molar-refractivity contribution in [2.75, 3.05) is 11.4 Å². The first-order chi connectivity index (χ1) is 15.4. The SMILES string of the molecule is C[C@H](C#N)CC1c2[nH]c3ccc(Cl)cc3c2CCN1c1nc(C(F)(F)F)nc(C(F)(F)F)n1. The molecule has 0 saturated heterocycles. The third-order valence-corrected chi connectivity index (χ3v) is 5.63. The highest BCUT2D eigenvalue weighted by Crippen LogP contribution is 2.41. The predicted molar refractivity (Wildman–Crippen MR) is 106 cm³/mol. The van der Waals surface area contributed by atoms with E-state index in [-0.39, 0.29) is 13.0 Å². The molecule has 2 atom stereocenters. The molecule has 0 fully saturated rings. The van der Waals surface area contributed by atoms with E-state index < -0.39 is 41.9 Å². The number of fused-ring (bicyclic) bond motifs is 3. The number of anilines is 1. The van der Waals surface area contributed by atoms with E-state index in [1.165, 1.54) is 4.90 Å². The zero-order valence-electron chi connectivity index (χ0n) is 16.9. The van der Waals surface area contributed by atoms with Gasteiger partial charge in [-0.2, -0.15) is 41.6 Å². The van der Waals surface area contributed by atoms with Crippen molar-refractivity contribution in [3.05, 3.63) is 46.1 Å². The number of alkyl halides is 6. The van der Waals surface area contributed by atoms with Crippen LogP contribution in [0.5, 0.6) is 0 Å². The second-order valence-electron chi connectivity index (χ2n) is 7.71. The third kappa shape index (κ3) is 4.42. The summed E-state index contributed by atoms with van der Waals surface area (Å²) in [4.78, 5) is 13.7. The molecule has 13 heteroatoms. The van der Waals surface area contributed by atoms with Crippen molar-refractivity contribution in [3.8, 4) is 6.07 Å². The first-order valence-electron chi connectivity index (χ1n) is 9.75. The molecule has 1 N–H and O–H groups in total. The van der Waals surface area contributed by atoms with Gasteiger partial charge in [-0.3, -0.25) is 0 Å². The summed E-state index contributed by atoms with van der Waals surface area (Å²) in [6, 6.07) is 6.42. The summed E-state index contributed by atoms with van der Waals surface area (Å²) in [5.74, 6) is -5.16. The number of halogens is 7. The number of nitrogens with one attached hydrogen (secondary N) is 1. The Hall–Kier alpha value is -3.07. The molecule has 3 heterocycles. The Kier molecular flexibility index (Phi) is 5.64. The molecule has 0 aliphatic carbocycles. The Balaban J connectivity index is 1.88. The Bertz CT molecular complexity index is 1210. The molecule has 0 bridgehead atoms. The van der Waals surface area contributed by atoms with Crippen LogP contribution in [0.1, 0.15) is 42.3 Å². The molecule has 1 aliphatic rings. The lowest BCUT2D eigenvalue weighted by atomic mass is 9.91. The monoisotopic (exact) mass is 488 g/mol. The Morgan fingerprint density at radius 1 is 1.15 bits per heavy atom. The molecule has 0 amide bonds. The highest BCUT2D eigenvalue weighted by Gasteiger charge is 2.43. The van der Waals surface area contributed by atoms with E-state index in [1.54, 1.807) is 25.1 Å². The van der Waals surface area contributed by atoms with Gasteiger partial charge in [0.1, 0.15) is 0 Å². The summed E-state index contributed by atoms with van der Waals surface area (Å²) in [6.07, 6.45) is -9.99. The molecule has 0 spiro atoms. The van der Waals surface area contributed by atoms with Gasteiger partial charge >= 0.3 is 12.4 Å². The average Bonchev–Trinajstić information content (AvgIpc) is 3.10. The number of rotatable bonds is 3. The summed E-state index contributed by atoms with van der Waals surface area (Å²) in [7, 11) is 0. The van der Waals surface area contributed by atoms with Gasteiger partial charge in [0, 0.05) is 34.1 Å². The molecule has 6 nitrogen and oxygen atoms in total. The molecule has 1 aromatic carbocycles. The molecule has 2 aromatic heterocycles. The summed E-state index contributed by atoms with van der Waals surface area (Å²) in [5, 5.41) is 10.6. The quantitative estimate of drug-likeness (QED) is 0.478. The van der Waals surface area contributed by atoms with Gasteiger partial charge in [0.05, 0.1) is 12.1 Å². The average molecular weight is 489 g/mol. The maximum absolute atomic E-state index is 13.3. The largest absolute Gasteiger partial charge is 0.451 e. The third-order valence-electron chi connectivity index (χ3n) is 5.40. The van der Waals surface area contributed by atoms with E-state index in [0.717, 1.165) is 10.9 Å². The molecule has 174 valence electrons. The molecule has 4 rings (SSSR count). The number of aromatic amines is 1. The number of benzene rings is 1. The van der Waals surface area contributed by atoms with Gasteiger partial charge in [0.15, 0.2) is 0 Å². The van der Waals surface area contributed by atoms with Gasteiger partial charge in [0.2, 0.25) is 17.6 Å². The lowest BCUT2D eigenvalue weighted by Crippen LogP contribution is -2.38. The van der Waals surface area contributed by atoms with Crippen LogP contribution in [0.25, 0.3) is 10.9 Å². The number of nitrogens with zero attached hydrogens (tertiary/aromatic N) is 5. The number of H-pyrrole nitrogens is 1. The number of nitriles is 1. The van der Waals surface area contributed by atoms with E-state index in [0.29, 0.717) is 22.7 Å². The fourth-order valence-corrected chi connectivity index (χ4v) is 4.13. The van der Waals surface area contributed by atoms with Crippen LogP contribution in [0, 0.1) is 17.2 Å². The molecular weight excluding hydrogens is 474 g/mol. The van der Waals surface area contributed by atoms with Crippen molar-refractivity contribution in [3.63, 3.8) is 0 Å². The van der Waals surface area contributed by atoms with Gasteiger partial charge in [-0.15, -0.1) is 0 Å². The van der Waals surface area contributed by atoms with Crippen LogP contribution in [0.3, 0.4) is 0 Å². The molecule has 1 aliphatic heterocycles. The van der Waals surface area contributed by atoms with Crippen molar-refractivity contribution in [1.29, 1.82) is 5.26 Å². The topological polar surface area (TPSA) is 81.5 Å². The number of aromatic nitrogens is 4. The smallest absolute Gasteiger partial charge is 0.356 e. The van der Waals surface area contributed by atoms with Crippen LogP contribution in [-0.4, -0.2) is 26.5 Å². The normalized spacial score (nSPS) is 17.7. The van der Waals surface area contributed by atoms with Crippen LogP contribution in [0.2, 0.25) is 5.02 Å². The first kappa shape index (κ1) is 23.1. The number of hydrogen-bond acceptors (Lipinski definition) is 5. The molecule has 0 saturated carbocycles. The molecule has 1 unspecified atom stereocenters. The van der Waals surface area contributed by atoms with Crippen LogP contribution < -0.4 is 4.90 Å². The molecule has 33 heavy (non-hydrogen) atoms. The van der Waals surface area contributed by atoms with E-state index in [9.17, 15) is 31.6 Å². The summed E-state index contributed by atoms with van der Waals surface area (Å²) in [5.41, 5.74) is 2.12. The van der Waals surface area contributed by atoms with E-state index >= 15 is 0 Å². The van der Waals surface area contributed by atoms with Crippen LogP contribution in [0.4, 0.5) is 32.3 Å². The van der Waals surface area contributed by atoms with Gasteiger partial charge in [-0.25, -0.2) is 4.98 Å². The second-order valence-corrected chi connectivity index (χ2v) is 8.15. The summed E-state index contributed by atoms with van der Waals surface area (Å²) >= 11 is 6.10. The highest BCUT2D eigenvalue weighted by atomic mass is 35.5. The van der Waals surface area contributed by atoms with Crippen LogP contribution in [0.15, 0.2) is 18.2 Å². The Labute approximate surface area is 188 Å². The van der Waals surface area contributed by atoms with Crippen molar-refractivity contribution in [2.45, 2.75) is 38.2 Å². The molecule has 3 aromatic rings. The summed E-state index contributed by atoms with van der Waals surface area (Å²) in [6.45, 7) is 1.65. The minimum absolute atomic E-state index is 0.0356.